The molecule has 0 saturated carbocycles. The summed E-state index contributed by atoms with van der Waals surface area (Å²) in [6, 6.07) is 19.3. The minimum absolute atomic E-state index is 0.0463. The smallest absolute Gasteiger partial charge is 0.411 e. The molecule has 8 heteroatoms. The highest BCUT2D eigenvalue weighted by Crippen LogP contribution is 2.29. The van der Waals surface area contributed by atoms with Crippen LogP contribution in [0, 0.1) is 10.1 Å². The van der Waals surface area contributed by atoms with Crippen molar-refractivity contribution in [2.75, 3.05) is 17.7 Å². The Balaban J connectivity index is 1.74. The maximum absolute atomic E-state index is 11.3. The lowest BCUT2D eigenvalue weighted by Crippen LogP contribution is -2.10. The van der Waals surface area contributed by atoms with E-state index < -0.39 is 11.0 Å². The first-order chi connectivity index (χ1) is 13.6. The van der Waals surface area contributed by atoms with Crippen molar-refractivity contribution in [3.63, 3.8) is 0 Å². The van der Waals surface area contributed by atoms with Crippen LogP contribution in [0.15, 0.2) is 66.7 Å². The topological polar surface area (TPSA) is 106 Å². The van der Waals surface area contributed by atoms with Crippen LogP contribution in [0.3, 0.4) is 0 Å². The van der Waals surface area contributed by atoms with Gasteiger partial charge < -0.3 is 10.1 Å². The zero-order valence-electron chi connectivity index (χ0n) is 15.1. The molecule has 3 aromatic rings. The van der Waals surface area contributed by atoms with Gasteiger partial charge in [-0.05, 0) is 23.8 Å². The number of carbonyl (C=O) groups excluding carboxylic acids is 1. The number of nitro groups is 1. The standard InChI is InChI=1S/C20H18N4O4/c1-28-20(25)22-16-9-7-14(8-10-16)13-21-18-12-11-17(24(26)27)19(23-18)15-5-3-2-4-6-15/h2-12H,13H2,1H3,(H,21,23)(H,22,25). The number of pyridine rings is 1. The van der Waals surface area contributed by atoms with Crippen molar-refractivity contribution in [2.24, 2.45) is 0 Å². The van der Waals surface area contributed by atoms with Gasteiger partial charge in [-0.15, -0.1) is 0 Å². The summed E-state index contributed by atoms with van der Waals surface area (Å²) in [5.74, 6) is 0.529. The second-order valence-corrected chi connectivity index (χ2v) is 5.85. The number of aromatic nitrogens is 1. The van der Waals surface area contributed by atoms with Crippen molar-refractivity contribution in [3.8, 4) is 11.3 Å². The zero-order valence-corrected chi connectivity index (χ0v) is 15.1. The van der Waals surface area contributed by atoms with Gasteiger partial charge >= 0.3 is 6.09 Å². The SMILES string of the molecule is COC(=O)Nc1ccc(CNc2ccc([N+](=O)[O-])c(-c3ccccc3)n2)cc1. The van der Waals surface area contributed by atoms with Crippen molar-refractivity contribution in [1.29, 1.82) is 0 Å². The largest absolute Gasteiger partial charge is 0.453 e. The Labute approximate surface area is 161 Å². The third-order valence-corrected chi connectivity index (χ3v) is 3.98. The summed E-state index contributed by atoms with van der Waals surface area (Å²) < 4.78 is 4.55. The van der Waals surface area contributed by atoms with Crippen LogP contribution in [-0.2, 0) is 11.3 Å². The lowest BCUT2D eigenvalue weighted by atomic mass is 10.1. The second-order valence-electron chi connectivity index (χ2n) is 5.85. The fraction of sp³-hybridized carbons (Fsp3) is 0.100. The molecule has 1 amide bonds. The molecule has 8 nitrogen and oxygen atoms in total. The number of hydrogen-bond acceptors (Lipinski definition) is 6. The van der Waals surface area contributed by atoms with E-state index in [9.17, 15) is 14.9 Å². The first-order valence-corrected chi connectivity index (χ1v) is 8.45. The van der Waals surface area contributed by atoms with Gasteiger partial charge in [0.15, 0.2) is 5.69 Å². The molecule has 1 heterocycles. The van der Waals surface area contributed by atoms with Gasteiger partial charge in [-0.1, -0.05) is 42.5 Å². The molecule has 3 rings (SSSR count). The number of amides is 1. The fourth-order valence-corrected chi connectivity index (χ4v) is 2.57. The monoisotopic (exact) mass is 378 g/mol. The molecule has 0 aliphatic heterocycles. The molecule has 0 unspecified atom stereocenters. The Kier molecular flexibility index (Phi) is 5.81. The Morgan fingerprint density at radius 2 is 1.79 bits per heavy atom. The molecule has 0 saturated heterocycles. The first-order valence-electron chi connectivity index (χ1n) is 8.45. The van der Waals surface area contributed by atoms with Gasteiger partial charge in [-0.3, -0.25) is 15.4 Å². The third kappa shape index (κ3) is 4.61. The molecule has 0 aliphatic rings. The molecule has 0 atom stereocenters. The quantitative estimate of drug-likeness (QED) is 0.485. The average molecular weight is 378 g/mol. The van der Waals surface area contributed by atoms with Gasteiger partial charge in [-0.25, -0.2) is 9.78 Å². The Hall–Kier alpha value is -3.94. The number of rotatable bonds is 6. The van der Waals surface area contributed by atoms with E-state index in [2.05, 4.69) is 20.4 Å². The maximum Gasteiger partial charge on any atom is 0.411 e. The molecular formula is C20H18N4O4. The summed E-state index contributed by atoms with van der Waals surface area (Å²) in [7, 11) is 1.30. The number of nitrogens with one attached hydrogen (secondary N) is 2. The highest BCUT2D eigenvalue weighted by atomic mass is 16.6. The van der Waals surface area contributed by atoms with Crippen LogP contribution >= 0.6 is 0 Å². The Bertz CT molecular complexity index is 975. The molecule has 0 radical (unpaired) electrons. The number of carbonyl (C=O) groups is 1. The lowest BCUT2D eigenvalue weighted by molar-refractivity contribution is -0.384. The molecule has 0 spiro atoms. The van der Waals surface area contributed by atoms with Crippen molar-refractivity contribution >= 4 is 23.3 Å². The summed E-state index contributed by atoms with van der Waals surface area (Å²) >= 11 is 0. The second kappa shape index (κ2) is 8.63. The predicted octanol–water partition coefficient (Wildman–Crippen LogP) is 4.45. The number of anilines is 2. The molecule has 0 bridgehead atoms. The highest BCUT2D eigenvalue weighted by Gasteiger charge is 2.17. The van der Waals surface area contributed by atoms with Crippen LogP contribution in [0.1, 0.15) is 5.56 Å². The Morgan fingerprint density at radius 1 is 1.07 bits per heavy atom. The molecule has 2 N–H and O–H groups in total. The number of ether oxygens (including phenoxy) is 1. The third-order valence-electron chi connectivity index (χ3n) is 3.98. The molecule has 0 aliphatic carbocycles. The van der Waals surface area contributed by atoms with Crippen LogP contribution < -0.4 is 10.6 Å². The lowest BCUT2D eigenvalue weighted by Gasteiger charge is -2.09. The summed E-state index contributed by atoms with van der Waals surface area (Å²) in [6.45, 7) is 0.470. The van der Waals surface area contributed by atoms with E-state index >= 15 is 0 Å². The average Bonchev–Trinajstić information content (AvgIpc) is 2.73. The number of nitrogens with zero attached hydrogens (tertiary/aromatic N) is 2. The molecule has 1 aromatic heterocycles. The van der Waals surface area contributed by atoms with Crippen molar-refractivity contribution in [3.05, 3.63) is 82.4 Å². The van der Waals surface area contributed by atoms with E-state index in [0.29, 0.717) is 29.3 Å². The van der Waals surface area contributed by atoms with E-state index in [1.54, 1.807) is 30.3 Å². The number of methoxy groups -OCH3 is 1. The fourth-order valence-electron chi connectivity index (χ4n) is 2.57. The summed E-state index contributed by atoms with van der Waals surface area (Å²) in [6.07, 6.45) is -0.533. The van der Waals surface area contributed by atoms with Gasteiger partial charge in [0.2, 0.25) is 0 Å². The maximum atomic E-state index is 11.3. The van der Waals surface area contributed by atoms with Gasteiger partial charge in [0.1, 0.15) is 5.82 Å². The van der Waals surface area contributed by atoms with E-state index in [1.807, 2.05) is 30.3 Å². The first kappa shape index (κ1) is 18.8. The molecule has 2 aromatic carbocycles. The van der Waals surface area contributed by atoms with E-state index in [4.69, 9.17) is 0 Å². The number of benzene rings is 2. The molecular weight excluding hydrogens is 360 g/mol. The van der Waals surface area contributed by atoms with E-state index in [-0.39, 0.29) is 5.69 Å². The van der Waals surface area contributed by atoms with Gasteiger partial charge in [0, 0.05) is 23.9 Å². The van der Waals surface area contributed by atoms with Crippen LogP contribution in [0.2, 0.25) is 0 Å². The minimum atomic E-state index is -0.533. The predicted molar refractivity (Wildman–Crippen MR) is 106 cm³/mol. The summed E-state index contributed by atoms with van der Waals surface area (Å²) in [5.41, 5.74) is 2.52. The van der Waals surface area contributed by atoms with Crippen molar-refractivity contribution in [2.45, 2.75) is 6.54 Å². The molecule has 142 valence electrons. The van der Waals surface area contributed by atoms with E-state index in [1.165, 1.54) is 13.2 Å². The van der Waals surface area contributed by atoms with Crippen LogP contribution in [0.25, 0.3) is 11.3 Å². The normalized spacial score (nSPS) is 10.2. The van der Waals surface area contributed by atoms with Crippen LogP contribution in [0.5, 0.6) is 0 Å². The van der Waals surface area contributed by atoms with Crippen LogP contribution in [0.4, 0.5) is 22.0 Å². The summed E-state index contributed by atoms with van der Waals surface area (Å²) in [5, 5.41) is 17.1. The van der Waals surface area contributed by atoms with Gasteiger partial charge in [-0.2, -0.15) is 0 Å². The van der Waals surface area contributed by atoms with Gasteiger partial charge in [0.05, 0.1) is 12.0 Å². The Morgan fingerprint density at radius 3 is 2.43 bits per heavy atom. The molecule has 0 fully saturated rings. The molecule has 28 heavy (non-hydrogen) atoms. The van der Waals surface area contributed by atoms with Crippen molar-refractivity contribution < 1.29 is 14.5 Å². The highest BCUT2D eigenvalue weighted by molar-refractivity contribution is 5.84. The van der Waals surface area contributed by atoms with Crippen molar-refractivity contribution in [1.82, 2.24) is 4.98 Å². The zero-order chi connectivity index (χ0) is 19.9. The van der Waals surface area contributed by atoms with E-state index in [0.717, 1.165) is 5.56 Å². The summed E-state index contributed by atoms with van der Waals surface area (Å²) in [4.78, 5) is 26.5. The van der Waals surface area contributed by atoms with Gasteiger partial charge in [0.25, 0.3) is 5.69 Å². The van der Waals surface area contributed by atoms with Crippen LogP contribution in [-0.4, -0.2) is 23.1 Å². The minimum Gasteiger partial charge on any atom is -0.453 e. The number of hydrogen-bond donors (Lipinski definition) is 2.